The van der Waals surface area contributed by atoms with Crippen molar-refractivity contribution in [3.8, 4) is 0 Å². The molecule has 0 amide bonds. The minimum Gasteiger partial charge on any atom is -0.307 e. The SMILES string of the molecule is CCCc1nc(CSc2cccc(C)c2)nc2c1CNC2. The molecule has 0 spiro atoms. The van der Waals surface area contributed by atoms with Crippen LogP contribution in [-0.2, 0) is 25.3 Å². The van der Waals surface area contributed by atoms with E-state index < -0.39 is 0 Å². The summed E-state index contributed by atoms with van der Waals surface area (Å²) >= 11 is 1.81. The Morgan fingerprint density at radius 3 is 2.95 bits per heavy atom. The van der Waals surface area contributed by atoms with Crippen LogP contribution in [0.15, 0.2) is 29.2 Å². The third kappa shape index (κ3) is 3.44. The molecule has 4 heteroatoms. The van der Waals surface area contributed by atoms with E-state index >= 15 is 0 Å². The zero-order valence-corrected chi connectivity index (χ0v) is 13.5. The molecular weight excluding hydrogens is 278 g/mol. The standard InChI is InChI=1S/C17H21N3S/c1-3-5-15-14-9-18-10-16(14)20-17(19-15)11-21-13-7-4-6-12(2)8-13/h4,6-8,18H,3,5,9-11H2,1-2H3. The van der Waals surface area contributed by atoms with Gasteiger partial charge in [0.1, 0.15) is 5.82 Å². The van der Waals surface area contributed by atoms with Crippen LogP contribution >= 0.6 is 11.8 Å². The van der Waals surface area contributed by atoms with Crippen molar-refractivity contribution in [2.75, 3.05) is 0 Å². The number of hydrogen-bond acceptors (Lipinski definition) is 4. The number of aryl methyl sites for hydroxylation is 2. The van der Waals surface area contributed by atoms with Crippen LogP contribution in [0.2, 0.25) is 0 Å². The molecule has 0 unspecified atom stereocenters. The van der Waals surface area contributed by atoms with Gasteiger partial charge in [0.2, 0.25) is 0 Å². The lowest BCUT2D eigenvalue weighted by molar-refractivity contribution is 0.753. The van der Waals surface area contributed by atoms with Crippen molar-refractivity contribution in [1.29, 1.82) is 0 Å². The molecule has 0 bridgehead atoms. The van der Waals surface area contributed by atoms with Gasteiger partial charge in [-0.15, -0.1) is 11.8 Å². The topological polar surface area (TPSA) is 37.8 Å². The summed E-state index contributed by atoms with van der Waals surface area (Å²) in [6.45, 7) is 6.14. The van der Waals surface area contributed by atoms with Crippen molar-refractivity contribution in [2.24, 2.45) is 0 Å². The first-order chi connectivity index (χ1) is 10.3. The number of nitrogens with zero attached hydrogens (tertiary/aromatic N) is 2. The van der Waals surface area contributed by atoms with Crippen LogP contribution in [0.1, 0.15) is 41.7 Å². The molecular formula is C17H21N3S. The molecule has 3 nitrogen and oxygen atoms in total. The van der Waals surface area contributed by atoms with E-state index in [1.54, 1.807) is 0 Å². The van der Waals surface area contributed by atoms with Gasteiger partial charge in [-0.1, -0.05) is 31.0 Å². The normalized spacial score (nSPS) is 13.4. The number of aromatic nitrogens is 2. The molecule has 1 aliphatic heterocycles. The Morgan fingerprint density at radius 1 is 1.24 bits per heavy atom. The quantitative estimate of drug-likeness (QED) is 0.856. The first-order valence-electron chi connectivity index (χ1n) is 7.54. The minimum absolute atomic E-state index is 0.841. The van der Waals surface area contributed by atoms with Gasteiger partial charge >= 0.3 is 0 Å². The predicted octanol–water partition coefficient (Wildman–Crippen LogP) is 3.63. The van der Waals surface area contributed by atoms with Crippen molar-refractivity contribution < 1.29 is 0 Å². The van der Waals surface area contributed by atoms with E-state index in [4.69, 9.17) is 9.97 Å². The Morgan fingerprint density at radius 2 is 2.14 bits per heavy atom. The maximum atomic E-state index is 4.80. The van der Waals surface area contributed by atoms with Crippen molar-refractivity contribution in [1.82, 2.24) is 15.3 Å². The molecule has 3 rings (SSSR count). The summed E-state index contributed by atoms with van der Waals surface area (Å²) in [7, 11) is 0. The lowest BCUT2D eigenvalue weighted by Crippen LogP contribution is -2.05. The van der Waals surface area contributed by atoms with Crippen LogP contribution in [0.5, 0.6) is 0 Å². The Balaban J connectivity index is 1.78. The molecule has 0 saturated heterocycles. The molecule has 2 aromatic rings. The first kappa shape index (κ1) is 14.5. The molecule has 0 atom stereocenters. The monoisotopic (exact) mass is 299 g/mol. The van der Waals surface area contributed by atoms with Gasteiger partial charge in [-0.25, -0.2) is 9.97 Å². The van der Waals surface area contributed by atoms with Crippen LogP contribution < -0.4 is 5.32 Å². The Bertz CT molecular complexity index is 640. The van der Waals surface area contributed by atoms with Crippen LogP contribution in [0, 0.1) is 6.92 Å². The lowest BCUT2D eigenvalue weighted by atomic mass is 10.1. The summed E-state index contributed by atoms with van der Waals surface area (Å²) in [5.41, 5.74) is 5.08. The van der Waals surface area contributed by atoms with Crippen LogP contribution in [0.4, 0.5) is 0 Å². The van der Waals surface area contributed by atoms with Crippen molar-refractivity contribution in [3.05, 3.63) is 52.6 Å². The summed E-state index contributed by atoms with van der Waals surface area (Å²) in [5, 5.41) is 3.39. The zero-order chi connectivity index (χ0) is 14.7. The number of fused-ring (bicyclic) bond motifs is 1. The van der Waals surface area contributed by atoms with Crippen LogP contribution in [0.3, 0.4) is 0 Å². The summed E-state index contributed by atoms with van der Waals surface area (Å²) in [6, 6.07) is 8.60. The molecule has 1 N–H and O–H groups in total. The maximum absolute atomic E-state index is 4.80. The molecule has 2 heterocycles. The highest BCUT2D eigenvalue weighted by atomic mass is 32.2. The molecule has 0 saturated carbocycles. The van der Waals surface area contributed by atoms with Gasteiger partial charge in [-0.2, -0.15) is 0 Å². The van der Waals surface area contributed by atoms with E-state index in [1.807, 2.05) is 11.8 Å². The second-order valence-electron chi connectivity index (χ2n) is 5.47. The van der Waals surface area contributed by atoms with E-state index in [0.29, 0.717) is 0 Å². The highest BCUT2D eigenvalue weighted by molar-refractivity contribution is 7.98. The van der Waals surface area contributed by atoms with Gasteiger partial charge in [0.25, 0.3) is 0 Å². The average molecular weight is 299 g/mol. The summed E-state index contributed by atoms with van der Waals surface area (Å²) in [6.07, 6.45) is 2.18. The number of nitrogens with one attached hydrogen (secondary N) is 1. The van der Waals surface area contributed by atoms with E-state index in [0.717, 1.165) is 37.5 Å². The molecule has 1 aliphatic rings. The third-order valence-electron chi connectivity index (χ3n) is 3.66. The number of hydrogen-bond donors (Lipinski definition) is 1. The van der Waals surface area contributed by atoms with Gasteiger partial charge in [0.05, 0.1) is 11.4 Å². The van der Waals surface area contributed by atoms with Crippen LogP contribution in [0.25, 0.3) is 0 Å². The van der Waals surface area contributed by atoms with Gasteiger partial charge in [0, 0.05) is 29.2 Å². The first-order valence-corrected chi connectivity index (χ1v) is 8.52. The maximum Gasteiger partial charge on any atom is 0.139 e. The van der Waals surface area contributed by atoms with Gasteiger partial charge in [-0.05, 0) is 25.5 Å². The Hall–Kier alpha value is -1.39. The Labute approximate surface area is 130 Å². The predicted molar refractivity (Wildman–Crippen MR) is 87.3 cm³/mol. The van der Waals surface area contributed by atoms with Crippen molar-refractivity contribution in [2.45, 2.75) is 50.4 Å². The molecule has 110 valence electrons. The molecule has 1 aromatic heterocycles. The minimum atomic E-state index is 0.841. The Kier molecular flexibility index (Phi) is 4.56. The van der Waals surface area contributed by atoms with Crippen molar-refractivity contribution >= 4 is 11.8 Å². The fraction of sp³-hybridized carbons (Fsp3) is 0.412. The smallest absolute Gasteiger partial charge is 0.139 e. The second-order valence-corrected chi connectivity index (χ2v) is 6.52. The van der Waals surface area contributed by atoms with Crippen molar-refractivity contribution in [3.63, 3.8) is 0 Å². The zero-order valence-electron chi connectivity index (χ0n) is 12.6. The van der Waals surface area contributed by atoms with E-state index in [9.17, 15) is 0 Å². The fourth-order valence-corrected chi connectivity index (χ4v) is 3.52. The second kappa shape index (κ2) is 6.58. The third-order valence-corrected chi connectivity index (χ3v) is 4.65. The number of benzene rings is 1. The molecule has 21 heavy (non-hydrogen) atoms. The van der Waals surface area contributed by atoms with Gasteiger partial charge in [-0.3, -0.25) is 0 Å². The number of rotatable bonds is 5. The van der Waals surface area contributed by atoms with E-state index in [-0.39, 0.29) is 0 Å². The molecule has 0 fully saturated rings. The number of thioether (sulfide) groups is 1. The summed E-state index contributed by atoms with van der Waals surface area (Å²) in [4.78, 5) is 10.8. The lowest BCUT2D eigenvalue weighted by Gasteiger charge is -2.09. The van der Waals surface area contributed by atoms with E-state index in [2.05, 4.69) is 43.4 Å². The summed E-state index contributed by atoms with van der Waals surface area (Å²) < 4.78 is 0. The summed E-state index contributed by atoms with van der Waals surface area (Å²) in [5.74, 6) is 1.81. The average Bonchev–Trinajstić information content (AvgIpc) is 2.94. The van der Waals surface area contributed by atoms with E-state index in [1.165, 1.54) is 27.4 Å². The highest BCUT2D eigenvalue weighted by Crippen LogP contribution is 2.24. The van der Waals surface area contributed by atoms with Gasteiger partial charge < -0.3 is 5.32 Å². The fourth-order valence-electron chi connectivity index (χ4n) is 2.66. The van der Waals surface area contributed by atoms with Crippen LogP contribution in [-0.4, -0.2) is 9.97 Å². The van der Waals surface area contributed by atoms with Gasteiger partial charge in [0.15, 0.2) is 0 Å². The molecule has 0 aliphatic carbocycles. The molecule has 1 aromatic carbocycles. The molecule has 0 radical (unpaired) electrons. The largest absolute Gasteiger partial charge is 0.307 e. The highest BCUT2D eigenvalue weighted by Gasteiger charge is 2.18.